The number of carbonyl (C=O) groups is 1. The topological polar surface area (TPSA) is 88.5 Å². The van der Waals surface area contributed by atoms with Gasteiger partial charge in [-0.05, 0) is 69.2 Å². The van der Waals surface area contributed by atoms with Crippen molar-refractivity contribution in [2.45, 2.75) is 68.6 Å². The van der Waals surface area contributed by atoms with Gasteiger partial charge in [-0.25, -0.2) is 8.42 Å². The molecular weight excluding hydrogens is 474 g/mol. The van der Waals surface area contributed by atoms with Gasteiger partial charge in [0.25, 0.3) is 11.5 Å². The minimum Gasteiger partial charge on any atom is -0.349 e. The molecule has 0 spiro atoms. The number of para-hydroxylation sites is 1. The molecule has 3 atom stereocenters. The molecule has 1 N–H and O–H groups in total. The van der Waals surface area contributed by atoms with Gasteiger partial charge in [0.1, 0.15) is 5.56 Å². The number of rotatable bonds is 7. The second-order valence-corrected chi connectivity index (χ2v) is 12.4. The molecule has 0 saturated carbocycles. The monoisotopic (exact) mass is 507 g/mol. The molecule has 2 bridgehead atoms. The van der Waals surface area contributed by atoms with Crippen LogP contribution in [0.25, 0.3) is 10.9 Å². The lowest BCUT2D eigenvalue weighted by Crippen LogP contribution is -2.51. The highest BCUT2D eigenvalue weighted by Gasteiger charge is 2.41. The lowest BCUT2D eigenvalue weighted by molar-refractivity contribution is 0.0856. The summed E-state index contributed by atoms with van der Waals surface area (Å²) in [5, 5.41) is 4.00. The summed E-state index contributed by atoms with van der Waals surface area (Å²) in [6.45, 7) is 4.39. The number of nitrogens with zero attached hydrogens (tertiary/aromatic N) is 2. The molecule has 1 amide bonds. The van der Waals surface area contributed by atoms with Crippen LogP contribution in [-0.2, 0) is 9.84 Å². The molecule has 0 radical (unpaired) electrons. The van der Waals surface area contributed by atoms with E-state index >= 15 is 0 Å². The van der Waals surface area contributed by atoms with E-state index in [0.717, 1.165) is 36.6 Å². The van der Waals surface area contributed by atoms with Crippen LogP contribution in [0.3, 0.4) is 0 Å². The van der Waals surface area contributed by atoms with Crippen molar-refractivity contribution < 1.29 is 13.2 Å². The summed E-state index contributed by atoms with van der Waals surface area (Å²) in [6, 6.07) is 18.3. The second kappa shape index (κ2) is 9.82. The minimum absolute atomic E-state index is 0.0321. The number of aromatic nitrogens is 1. The number of amides is 1. The second-order valence-electron chi connectivity index (χ2n) is 10.3. The lowest BCUT2D eigenvalue weighted by Gasteiger charge is -2.39. The van der Waals surface area contributed by atoms with Crippen LogP contribution in [0.2, 0.25) is 0 Å². The maximum atomic E-state index is 13.3. The largest absolute Gasteiger partial charge is 0.349 e. The van der Waals surface area contributed by atoms with Gasteiger partial charge in [0.2, 0.25) is 0 Å². The van der Waals surface area contributed by atoms with Crippen LogP contribution in [-0.4, -0.2) is 54.2 Å². The molecule has 0 aliphatic carbocycles. The van der Waals surface area contributed by atoms with Crippen LogP contribution in [0.4, 0.5) is 0 Å². The lowest BCUT2D eigenvalue weighted by atomic mass is 9.97. The van der Waals surface area contributed by atoms with Crippen molar-refractivity contribution in [1.82, 2.24) is 14.8 Å². The number of nitrogens with one attached hydrogen (secondary N) is 1. The summed E-state index contributed by atoms with van der Waals surface area (Å²) < 4.78 is 27.2. The van der Waals surface area contributed by atoms with E-state index in [0.29, 0.717) is 11.4 Å². The molecule has 36 heavy (non-hydrogen) atoms. The Kier molecular flexibility index (Phi) is 6.74. The first kappa shape index (κ1) is 24.7. The van der Waals surface area contributed by atoms with Crippen molar-refractivity contribution in [1.29, 1.82) is 0 Å². The Hall–Kier alpha value is -2.97. The van der Waals surface area contributed by atoms with Gasteiger partial charge < -0.3 is 9.88 Å². The van der Waals surface area contributed by atoms with E-state index in [2.05, 4.69) is 10.2 Å². The van der Waals surface area contributed by atoms with Gasteiger partial charge in [-0.1, -0.05) is 36.4 Å². The fourth-order valence-electron chi connectivity index (χ4n) is 5.95. The predicted octanol–water partition coefficient (Wildman–Crippen LogP) is 3.78. The Morgan fingerprint density at radius 1 is 1.00 bits per heavy atom. The van der Waals surface area contributed by atoms with Gasteiger partial charge in [-0.15, -0.1) is 0 Å². The number of fused-ring (bicyclic) bond motifs is 3. The summed E-state index contributed by atoms with van der Waals surface area (Å²) in [6.07, 6.45) is 3.52. The number of hydrogen-bond donors (Lipinski definition) is 1. The van der Waals surface area contributed by atoms with Crippen LogP contribution >= 0.6 is 0 Å². The van der Waals surface area contributed by atoms with Crippen LogP contribution < -0.4 is 10.9 Å². The Morgan fingerprint density at radius 2 is 1.64 bits per heavy atom. The van der Waals surface area contributed by atoms with Crippen molar-refractivity contribution in [2.24, 2.45) is 0 Å². The highest BCUT2D eigenvalue weighted by Crippen LogP contribution is 2.36. The molecule has 8 heteroatoms. The summed E-state index contributed by atoms with van der Waals surface area (Å²) in [5.74, 6) is -0.239. The first-order valence-electron chi connectivity index (χ1n) is 12.7. The van der Waals surface area contributed by atoms with E-state index in [4.69, 9.17) is 0 Å². The van der Waals surface area contributed by atoms with Crippen molar-refractivity contribution >= 4 is 26.6 Å². The Labute approximate surface area is 212 Å². The van der Waals surface area contributed by atoms with Gasteiger partial charge in [0, 0.05) is 30.7 Å². The Morgan fingerprint density at radius 3 is 2.31 bits per heavy atom. The van der Waals surface area contributed by atoms with E-state index in [1.165, 1.54) is 0 Å². The SMILES string of the molecule is CC(C)n1c(=O)c(C(=O)NC2C[C@H]3CC[C@@H](C2)N3CCS(=O)(=O)c2ccccc2)cc2ccccc21. The van der Waals surface area contributed by atoms with Crippen molar-refractivity contribution in [3.63, 3.8) is 0 Å². The van der Waals surface area contributed by atoms with Crippen LogP contribution in [0.1, 0.15) is 55.9 Å². The van der Waals surface area contributed by atoms with Gasteiger partial charge >= 0.3 is 0 Å². The number of pyridine rings is 1. The molecule has 5 rings (SSSR count). The number of sulfone groups is 1. The highest BCUT2D eigenvalue weighted by molar-refractivity contribution is 7.91. The maximum Gasteiger partial charge on any atom is 0.264 e. The van der Waals surface area contributed by atoms with E-state index in [1.807, 2.05) is 44.2 Å². The minimum atomic E-state index is -3.33. The summed E-state index contributed by atoms with van der Waals surface area (Å²) in [7, 11) is -3.33. The number of hydrogen-bond acceptors (Lipinski definition) is 5. The van der Waals surface area contributed by atoms with Crippen LogP contribution in [0.15, 0.2) is 70.4 Å². The average Bonchev–Trinajstić information content (AvgIpc) is 3.10. The molecule has 2 aliphatic heterocycles. The van der Waals surface area contributed by atoms with Crippen LogP contribution in [0.5, 0.6) is 0 Å². The molecule has 2 fully saturated rings. The number of carbonyl (C=O) groups excluding carboxylic acids is 1. The van der Waals surface area contributed by atoms with Gasteiger partial charge in [-0.2, -0.15) is 0 Å². The first-order valence-corrected chi connectivity index (χ1v) is 14.4. The molecular formula is C28H33N3O4S. The van der Waals surface area contributed by atoms with Gasteiger partial charge in [0.15, 0.2) is 9.84 Å². The number of piperidine rings is 1. The summed E-state index contributed by atoms with van der Waals surface area (Å²) in [4.78, 5) is 29.2. The predicted molar refractivity (Wildman–Crippen MR) is 141 cm³/mol. The van der Waals surface area contributed by atoms with E-state index < -0.39 is 9.84 Å². The molecule has 1 aromatic heterocycles. The summed E-state index contributed by atoms with van der Waals surface area (Å²) in [5.41, 5.74) is 0.727. The molecule has 190 valence electrons. The van der Waals surface area contributed by atoms with E-state index in [1.54, 1.807) is 34.9 Å². The summed E-state index contributed by atoms with van der Waals surface area (Å²) >= 11 is 0. The molecule has 3 aromatic rings. The Balaban J connectivity index is 1.28. The molecule has 7 nitrogen and oxygen atoms in total. The van der Waals surface area contributed by atoms with Crippen molar-refractivity contribution in [2.75, 3.05) is 12.3 Å². The van der Waals surface area contributed by atoms with Crippen molar-refractivity contribution in [3.05, 3.63) is 76.6 Å². The third kappa shape index (κ3) is 4.72. The molecule has 1 unspecified atom stereocenters. The standard InChI is InChI=1S/C28H33N3O4S/c1-19(2)31-26-11-7-6-8-20(26)16-25(28(31)33)27(32)29-21-17-22-12-13-23(18-21)30(22)14-15-36(34,35)24-9-4-3-5-10-24/h3-11,16,19,21-23H,12-15,17-18H2,1-2H3,(H,29,32)/t21?,22-,23+. The third-order valence-electron chi connectivity index (χ3n) is 7.65. The molecule has 2 aromatic carbocycles. The van der Waals surface area contributed by atoms with Gasteiger partial charge in [0.05, 0.1) is 16.2 Å². The maximum absolute atomic E-state index is 13.3. The molecule has 2 aliphatic rings. The Bertz CT molecular complexity index is 1420. The van der Waals surface area contributed by atoms with Crippen LogP contribution in [0, 0.1) is 0 Å². The normalized spacial score (nSPS) is 22.2. The number of benzene rings is 2. The first-order chi connectivity index (χ1) is 17.2. The fourth-order valence-corrected chi connectivity index (χ4v) is 7.21. The third-order valence-corrected chi connectivity index (χ3v) is 9.36. The van der Waals surface area contributed by atoms with Crippen molar-refractivity contribution in [3.8, 4) is 0 Å². The highest BCUT2D eigenvalue weighted by atomic mass is 32.2. The molecule has 2 saturated heterocycles. The quantitative estimate of drug-likeness (QED) is 0.526. The van der Waals surface area contributed by atoms with E-state index in [9.17, 15) is 18.0 Å². The van der Waals surface area contributed by atoms with Gasteiger partial charge in [-0.3, -0.25) is 14.5 Å². The zero-order valence-corrected chi connectivity index (χ0v) is 21.6. The molecule has 3 heterocycles. The van der Waals surface area contributed by atoms with E-state index in [-0.39, 0.29) is 47.0 Å². The zero-order chi connectivity index (χ0) is 25.4. The smallest absolute Gasteiger partial charge is 0.264 e. The average molecular weight is 508 g/mol. The zero-order valence-electron chi connectivity index (χ0n) is 20.8. The fraction of sp³-hybridized carbons (Fsp3) is 0.429.